The smallest absolute Gasteiger partial charge is 0.256 e. The van der Waals surface area contributed by atoms with Crippen molar-refractivity contribution >= 4 is 17.8 Å². The van der Waals surface area contributed by atoms with E-state index in [-0.39, 0.29) is 17.7 Å². The molecule has 3 rings (SSSR count). The van der Waals surface area contributed by atoms with Crippen LogP contribution in [0.2, 0.25) is 0 Å². The topological polar surface area (TPSA) is 52.9 Å². The Morgan fingerprint density at radius 3 is 3.06 bits per heavy atom. The van der Waals surface area contributed by atoms with Crippen molar-refractivity contribution in [3.63, 3.8) is 0 Å². The number of phenols is 1. The van der Waals surface area contributed by atoms with E-state index >= 15 is 0 Å². The van der Waals surface area contributed by atoms with Crippen LogP contribution in [-0.4, -0.2) is 34.7 Å². The fourth-order valence-electron chi connectivity index (χ4n) is 2.47. The summed E-state index contributed by atoms with van der Waals surface area (Å²) in [5, 5.41) is 9.69. The maximum atomic E-state index is 12.5. The molecule has 1 fully saturated rings. The normalized spacial score (nSPS) is 21.8. The summed E-state index contributed by atoms with van der Waals surface area (Å²) in [4.78, 5) is 18.6. The molecule has 4 heteroatoms. The molecule has 1 atom stereocenters. The molecule has 92 valence electrons. The maximum Gasteiger partial charge on any atom is 0.256 e. The highest BCUT2D eigenvalue weighted by atomic mass is 16.3. The van der Waals surface area contributed by atoms with E-state index in [9.17, 15) is 9.90 Å². The van der Waals surface area contributed by atoms with Crippen molar-refractivity contribution in [3.8, 4) is 5.75 Å². The number of fused-ring (bicyclic) bond motifs is 2. The zero-order valence-corrected chi connectivity index (χ0v) is 10.2. The lowest BCUT2D eigenvalue weighted by Gasteiger charge is -2.19. The Morgan fingerprint density at radius 2 is 2.28 bits per heavy atom. The quantitative estimate of drug-likeness (QED) is 0.709. The largest absolute Gasteiger partial charge is 0.508 e. The lowest BCUT2D eigenvalue weighted by Crippen LogP contribution is -2.35. The first-order valence-corrected chi connectivity index (χ1v) is 5.91. The van der Waals surface area contributed by atoms with E-state index in [0.717, 1.165) is 12.0 Å². The van der Waals surface area contributed by atoms with E-state index in [0.29, 0.717) is 23.4 Å². The summed E-state index contributed by atoms with van der Waals surface area (Å²) in [6.07, 6.45) is 2.55. The first-order valence-electron chi connectivity index (χ1n) is 5.91. The number of aryl methyl sites for hydroxylation is 1. The molecule has 1 aromatic carbocycles. The van der Waals surface area contributed by atoms with E-state index < -0.39 is 0 Å². The van der Waals surface area contributed by atoms with E-state index in [1.807, 2.05) is 0 Å². The van der Waals surface area contributed by atoms with Crippen LogP contribution in [0.4, 0.5) is 5.69 Å². The molecule has 4 nitrogen and oxygen atoms in total. The second-order valence-electron chi connectivity index (χ2n) is 4.89. The van der Waals surface area contributed by atoms with E-state index in [2.05, 4.69) is 11.6 Å². The Hall–Kier alpha value is -2.10. The average molecular weight is 242 g/mol. The third-order valence-corrected chi connectivity index (χ3v) is 3.48. The minimum absolute atomic E-state index is 0.000140. The Kier molecular flexibility index (Phi) is 2.26. The van der Waals surface area contributed by atoms with Crippen molar-refractivity contribution in [2.45, 2.75) is 19.4 Å². The molecule has 0 unspecified atom stereocenters. The van der Waals surface area contributed by atoms with Gasteiger partial charge in [0, 0.05) is 18.8 Å². The van der Waals surface area contributed by atoms with Gasteiger partial charge < -0.3 is 10.0 Å². The van der Waals surface area contributed by atoms with Gasteiger partial charge in [-0.25, -0.2) is 0 Å². The van der Waals surface area contributed by atoms with Crippen molar-refractivity contribution < 1.29 is 9.90 Å². The summed E-state index contributed by atoms with van der Waals surface area (Å²) >= 11 is 0. The first-order chi connectivity index (χ1) is 8.56. The summed E-state index contributed by atoms with van der Waals surface area (Å²) in [5.41, 5.74) is 2.84. The number of hydrogen-bond donors (Lipinski definition) is 1. The molecular formula is C14H14N2O2. The second-order valence-corrected chi connectivity index (χ2v) is 4.89. The predicted molar refractivity (Wildman–Crippen MR) is 69.6 cm³/mol. The van der Waals surface area contributed by atoms with Gasteiger partial charge in [-0.3, -0.25) is 9.79 Å². The van der Waals surface area contributed by atoms with Gasteiger partial charge in [0.1, 0.15) is 5.75 Å². The fraction of sp³-hybridized carbons (Fsp3) is 0.286. The SMILES string of the molecule is C=C1C[C@H]2C=Nc3cc(O)c(C)cc3C(=O)N2C1. The maximum absolute atomic E-state index is 12.5. The molecule has 0 saturated carbocycles. The van der Waals surface area contributed by atoms with Crippen molar-refractivity contribution in [1.82, 2.24) is 4.90 Å². The molecule has 1 aromatic rings. The highest BCUT2D eigenvalue weighted by Crippen LogP contribution is 2.33. The summed E-state index contributed by atoms with van der Waals surface area (Å²) in [5.74, 6) is 0.138. The molecule has 0 aliphatic carbocycles. The number of phenolic OH excluding ortho intramolecular Hbond substituents is 1. The minimum atomic E-state index is -0.0331. The van der Waals surface area contributed by atoms with Crippen LogP contribution in [0.25, 0.3) is 0 Å². The summed E-state index contributed by atoms with van der Waals surface area (Å²) < 4.78 is 0. The molecule has 2 aliphatic rings. The molecule has 1 amide bonds. The Morgan fingerprint density at radius 1 is 1.50 bits per heavy atom. The molecule has 1 saturated heterocycles. The zero-order valence-electron chi connectivity index (χ0n) is 10.2. The number of carbonyl (C=O) groups excluding carboxylic acids is 1. The van der Waals surface area contributed by atoms with Crippen LogP contribution < -0.4 is 0 Å². The fourth-order valence-corrected chi connectivity index (χ4v) is 2.47. The lowest BCUT2D eigenvalue weighted by atomic mass is 10.1. The van der Waals surface area contributed by atoms with Gasteiger partial charge in [0.05, 0.1) is 17.3 Å². The van der Waals surface area contributed by atoms with Gasteiger partial charge in [-0.2, -0.15) is 0 Å². The highest BCUT2D eigenvalue weighted by molar-refractivity contribution is 6.03. The summed E-state index contributed by atoms with van der Waals surface area (Å²) in [7, 11) is 0. The summed E-state index contributed by atoms with van der Waals surface area (Å²) in [6.45, 7) is 6.30. The van der Waals surface area contributed by atoms with Crippen LogP contribution in [0.5, 0.6) is 5.75 Å². The average Bonchev–Trinajstić information content (AvgIpc) is 2.65. The van der Waals surface area contributed by atoms with Gasteiger partial charge in [-0.1, -0.05) is 12.2 Å². The third kappa shape index (κ3) is 1.53. The van der Waals surface area contributed by atoms with Gasteiger partial charge in [0.15, 0.2) is 0 Å². The lowest BCUT2D eigenvalue weighted by molar-refractivity contribution is 0.0778. The molecule has 0 spiro atoms. The second kappa shape index (κ2) is 3.70. The third-order valence-electron chi connectivity index (χ3n) is 3.48. The molecule has 1 N–H and O–H groups in total. The monoisotopic (exact) mass is 242 g/mol. The van der Waals surface area contributed by atoms with Crippen LogP contribution in [-0.2, 0) is 0 Å². The van der Waals surface area contributed by atoms with Crippen molar-refractivity contribution in [2.24, 2.45) is 4.99 Å². The molecule has 2 heterocycles. The minimum Gasteiger partial charge on any atom is -0.508 e. The Balaban J connectivity index is 2.13. The zero-order chi connectivity index (χ0) is 12.9. The van der Waals surface area contributed by atoms with Gasteiger partial charge in [-0.15, -0.1) is 0 Å². The number of nitrogens with zero attached hydrogens (tertiary/aromatic N) is 2. The number of aliphatic imine (C=N–C) groups is 1. The van der Waals surface area contributed by atoms with Gasteiger partial charge >= 0.3 is 0 Å². The number of aromatic hydroxyl groups is 1. The Bertz CT molecular complexity index is 590. The number of benzene rings is 1. The van der Waals surface area contributed by atoms with E-state index in [4.69, 9.17) is 0 Å². The number of carbonyl (C=O) groups is 1. The van der Waals surface area contributed by atoms with E-state index in [1.165, 1.54) is 0 Å². The van der Waals surface area contributed by atoms with Gasteiger partial charge in [0.25, 0.3) is 5.91 Å². The van der Waals surface area contributed by atoms with Crippen molar-refractivity contribution in [2.75, 3.05) is 6.54 Å². The van der Waals surface area contributed by atoms with Crippen LogP contribution in [0.3, 0.4) is 0 Å². The van der Waals surface area contributed by atoms with Crippen LogP contribution in [0, 0.1) is 6.92 Å². The molecule has 0 aromatic heterocycles. The number of rotatable bonds is 0. The van der Waals surface area contributed by atoms with Crippen molar-refractivity contribution in [3.05, 3.63) is 35.4 Å². The molecule has 0 radical (unpaired) electrons. The molecular weight excluding hydrogens is 228 g/mol. The van der Waals surface area contributed by atoms with Crippen LogP contribution in [0.15, 0.2) is 29.3 Å². The van der Waals surface area contributed by atoms with E-state index in [1.54, 1.807) is 30.2 Å². The predicted octanol–water partition coefficient (Wildman–Crippen LogP) is 2.19. The molecule has 0 bridgehead atoms. The van der Waals surface area contributed by atoms with Gasteiger partial charge in [-0.05, 0) is 25.0 Å². The summed E-state index contributed by atoms with van der Waals surface area (Å²) in [6, 6.07) is 3.25. The Labute approximate surface area is 105 Å². The standard InChI is InChI=1S/C14H14N2O2/c1-8-3-10-6-15-12-5-13(17)9(2)4-11(12)14(18)16(10)7-8/h4-6,10,17H,1,3,7H2,2H3/t10-/m0/s1. The van der Waals surface area contributed by atoms with Crippen LogP contribution in [0.1, 0.15) is 22.3 Å². The van der Waals surface area contributed by atoms with Crippen LogP contribution >= 0.6 is 0 Å². The van der Waals surface area contributed by atoms with Crippen molar-refractivity contribution in [1.29, 1.82) is 0 Å². The molecule has 18 heavy (non-hydrogen) atoms. The first kappa shape index (κ1) is 11.0. The highest BCUT2D eigenvalue weighted by Gasteiger charge is 2.33. The van der Waals surface area contributed by atoms with Gasteiger partial charge in [0.2, 0.25) is 0 Å². The number of hydrogen-bond acceptors (Lipinski definition) is 3. The molecule has 2 aliphatic heterocycles. The number of amides is 1.